The molecule has 0 bridgehead atoms. The molecule has 0 radical (unpaired) electrons. The molecule has 3 aromatic heterocycles. The Balaban J connectivity index is 1.78. The highest BCUT2D eigenvalue weighted by molar-refractivity contribution is 7.13. The third-order valence-electron chi connectivity index (χ3n) is 2.54. The van der Waals surface area contributed by atoms with Gasteiger partial charge in [0, 0.05) is 17.1 Å². The van der Waals surface area contributed by atoms with Crippen molar-refractivity contribution in [2.45, 2.75) is 0 Å². The second-order valence-electron chi connectivity index (χ2n) is 3.80. The minimum atomic E-state index is -0.323. The van der Waals surface area contributed by atoms with Crippen LogP contribution in [0.3, 0.4) is 0 Å². The molecule has 3 aromatic rings. The molecule has 0 aliphatic heterocycles. The molecule has 0 unspecified atom stereocenters. The lowest BCUT2D eigenvalue weighted by Gasteiger charge is -2.02. The van der Waals surface area contributed by atoms with Crippen LogP contribution in [0.15, 0.2) is 24.0 Å². The predicted molar refractivity (Wildman–Crippen MR) is 72.8 cm³/mol. The van der Waals surface area contributed by atoms with E-state index >= 15 is 0 Å². The maximum Gasteiger partial charge on any atom is 0.275 e. The van der Waals surface area contributed by atoms with Gasteiger partial charge in [0.05, 0.1) is 19.5 Å². The molecule has 0 saturated carbocycles. The third kappa shape index (κ3) is 2.26. The number of aromatic nitrogens is 5. The zero-order chi connectivity index (χ0) is 13.9. The summed E-state index contributed by atoms with van der Waals surface area (Å²) in [6.45, 7) is 0. The highest BCUT2D eigenvalue weighted by Crippen LogP contribution is 2.24. The van der Waals surface area contributed by atoms with E-state index < -0.39 is 0 Å². The first-order chi connectivity index (χ1) is 9.78. The number of rotatable bonds is 4. The molecule has 3 rings (SSSR count). The fourth-order valence-electron chi connectivity index (χ4n) is 1.58. The third-order valence-corrected chi connectivity index (χ3v) is 3.43. The van der Waals surface area contributed by atoms with Crippen LogP contribution in [-0.4, -0.2) is 38.4 Å². The van der Waals surface area contributed by atoms with E-state index in [2.05, 4.69) is 30.7 Å². The smallest absolute Gasteiger partial charge is 0.275 e. The first-order valence-corrected chi connectivity index (χ1v) is 6.49. The largest absolute Gasteiger partial charge is 0.480 e. The van der Waals surface area contributed by atoms with Gasteiger partial charge in [0.1, 0.15) is 16.4 Å². The average molecular weight is 290 g/mol. The van der Waals surface area contributed by atoms with Gasteiger partial charge in [-0.1, -0.05) is 0 Å². The number of nitrogens with zero attached hydrogens (tertiary/aromatic N) is 3. The summed E-state index contributed by atoms with van der Waals surface area (Å²) in [6.07, 6.45) is 4.85. The minimum absolute atomic E-state index is 0.323. The number of thiazole rings is 1. The van der Waals surface area contributed by atoms with Crippen molar-refractivity contribution in [3.05, 3.63) is 29.7 Å². The van der Waals surface area contributed by atoms with Crippen LogP contribution in [0.2, 0.25) is 0 Å². The fourth-order valence-corrected chi connectivity index (χ4v) is 2.37. The van der Waals surface area contributed by atoms with E-state index in [1.807, 2.05) is 0 Å². The lowest BCUT2D eigenvalue weighted by atomic mass is 10.4. The van der Waals surface area contributed by atoms with Gasteiger partial charge in [0.25, 0.3) is 5.91 Å². The molecule has 0 spiro atoms. The first kappa shape index (κ1) is 12.4. The lowest BCUT2D eigenvalue weighted by molar-refractivity contribution is 0.102. The van der Waals surface area contributed by atoms with Crippen molar-refractivity contribution in [2.75, 3.05) is 12.4 Å². The van der Waals surface area contributed by atoms with E-state index in [4.69, 9.17) is 4.74 Å². The Morgan fingerprint density at radius 2 is 2.30 bits per heavy atom. The summed E-state index contributed by atoms with van der Waals surface area (Å²) >= 11 is 1.37. The molecular weight excluding hydrogens is 280 g/mol. The van der Waals surface area contributed by atoms with Crippen LogP contribution in [0.1, 0.15) is 10.5 Å². The SMILES string of the molecule is COc1[nH]ncc1NC(=O)c1csc(-c2cn[nH]c2)n1. The normalized spacial score (nSPS) is 10.4. The van der Waals surface area contributed by atoms with E-state index in [1.54, 1.807) is 17.8 Å². The van der Waals surface area contributed by atoms with Crippen LogP contribution in [0.5, 0.6) is 5.88 Å². The minimum Gasteiger partial charge on any atom is -0.480 e. The fraction of sp³-hybridized carbons (Fsp3) is 0.0909. The lowest BCUT2D eigenvalue weighted by Crippen LogP contribution is -2.12. The average Bonchev–Trinajstić information content (AvgIpc) is 3.19. The molecule has 3 N–H and O–H groups in total. The maximum atomic E-state index is 12.1. The Kier molecular flexibility index (Phi) is 3.17. The number of amides is 1. The van der Waals surface area contributed by atoms with Gasteiger partial charge < -0.3 is 10.1 Å². The van der Waals surface area contributed by atoms with E-state index in [-0.39, 0.29) is 5.91 Å². The number of carbonyl (C=O) groups excluding carboxylic acids is 1. The number of hydrogen-bond acceptors (Lipinski definition) is 6. The molecule has 0 aliphatic rings. The molecule has 0 saturated heterocycles. The van der Waals surface area contributed by atoms with Crippen molar-refractivity contribution in [2.24, 2.45) is 0 Å². The van der Waals surface area contributed by atoms with E-state index in [0.29, 0.717) is 17.3 Å². The van der Waals surface area contributed by atoms with Gasteiger partial charge in [0.2, 0.25) is 5.88 Å². The zero-order valence-corrected chi connectivity index (χ0v) is 11.2. The number of hydrogen-bond donors (Lipinski definition) is 3. The van der Waals surface area contributed by atoms with Crippen LogP contribution in [-0.2, 0) is 0 Å². The molecule has 20 heavy (non-hydrogen) atoms. The highest BCUT2D eigenvalue weighted by Gasteiger charge is 2.15. The molecule has 0 aromatic carbocycles. The van der Waals surface area contributed by atoms with Gasteiger partial charge in [-0.25, -0.2) is 10.1 Å². The van der Waals surface area contributed by atoms with Crippen molar-refractivity contribution in [1.82, 2.24) is 25.4 Å². The topological polar surface area (TPSA) is 109 Å². The predicted octanol–water partition coefficient (Wildman–Crippen LogP) is 1.52. The summed E-state index contributed by atoms with van der Waals surface area (Å²) in [5.74, 6) is 0.0688. The number of H-pyrrole nitrogens is 2. The van der Waals surface area contributed by atoms with Crippen molar-refractivity contribution in [3.63, 3.8) is 0 Å². The van der Waals surface area contributed by atoms with Gasteiger partial charge in [-0.2, -0.15) is 10.2 Å². The Bertz CT molecular complexity index is 717. The molecule has 1 amide bonds. The molecule has 9 heteroatoms. The number of methoxy groups -OCH3 is 1. The summed E-state index contributed by atoms with van der Waals surface area (Å²) in [6, 6.07) is 0. The number of ether oxygens (including phenoxy) is 1. The Hall–Kier alpha value is -2.68. The van der Waals surface area contributed by atoms with Crippen molar-refractivity contribution >= 4 is 22.9 Å². The molecule has 0 aliphatic carbocycles. The van der Waals surface area contributed by atoms with Gasteiger partial charge >= 0.3 is 0 Å². The van der Waals surface area contributed by atoms with Gasteiger partial charge in [0.15, 0.2) is 0 Å². The summed E-state index contributed by atoms with van der Waals surface area (Å²) in [5, 5.41) is 18.1. The Labute approximate surface area is 117 Å². The monoisotopic (exact) mass is 290 g/mol. The summed E-state index contributed by atoms with van der Waals surface area (Å²) in [7, 11) is 1.49. The molecule has 0 atom stereocenters. The number of anilines is 1. The molecular formula is C11H10N6O2S. The standard InChI is InChI=1S/C11H10N6O2S/c1-19-10-7(4-14-17-10)15-9(18)8-5-20-11(16-8)6-2-12-13-3-6/h2-5H,1H3,(H,12,13)(H,14,17)(H,15,18). The van der Waals surface area contributed by atoms with E-state index in [9.17, 15) is 4.79 Å². The van der Waals surface area contributed by atoms with Gasteiger partial charge in [-0.15, -0.1) is 11.3 Å². The molecule has 0 fully saturated rings. The molecule has 8 nitrogen and oxygen atoms in total. The Morgan fingerprint density at radius 3 is 3.05 bits per heavy atom. The zero-order valence-electron chi connectivity index (χ0n) is 10.4. The summed E-state index contributed by atoms with van der Waals surface area (Å²) < 4.78 is 5.02. The second-order valence-corrected chi connectivity index (χ2v) is 4.65. The Morgan fingerprint density at radius 1 is 1.40 bits per heavy atom. The van der Waals surface area contributed by atoms with Crippen molar-refractivity contribution < 1.29 is 9.53 Å². The quantitative estimate of drug-likeness (QED) is 0.675. The van der Waals surface area contributed by atoms with Crippen LogP contribution in [0, 0.1) is 0 Å². The molecule has 102 valence electrons. The van der Waals surface area contributed by atoms with Crippen LogP contribution < -0.4 is 10.1 Å². The second kappa shape index (κ2) is 5.13. The summed E-state index contributed by atoms with van der Waals surface area (Å²) in [4.78, 5) is 16.3. The van der Waals surface area contributed by atoms with E-state index in [1.165, 1.54) is 24.6 Å². The van der Waals surface area contributed by atoms with Crippen molar-refractivity contribution in [1.29, 1.82) is 0 Å². The van der Waals surface area contributed by atoms with Crippen LogP contribution in [0.4, 0.5) is 5.69 Å². The first-order valence-electron chi connectivity index (χ1n) is 5.61. The summed E-state index contributed by atoms with van der Waals surface area (Å²) in [5.41, 5.74) is 1.64. The van der Waals surface area contributed by atoms with E-state index in [0.717, 1.165) is 10.6 Å². The van der Waals surface area contributed by atoms with Crippen LogP contribution in [0.25, 0.3) is 10.6 Å². The van der Waals surface area contributed by atoms with Crippen molar-refractivity contribution in [3.8, 4) is 16.5 Å². The number of carbonyl (C=O) groups is 1. The van der Waals surface area contributed by atoms with Gasteiger partial charge in [-0.3, -0.25) is 9.89 Å². The van der Waals surface area contributed by atoms with Crippen LogP contribution >= 0.6 is 11.3 Å². The maximum absolute atomic E-state index is 12.1. The molecule has 3 heterocycles. The van der Waals surface area contributed by atoms with Gasteiger partial charge in [-0.05, 0) is 0 Å². The number of nitrogens with one attached hydrogen (secondary N) is 3. The highest BCUT2D eigenvalue weighted by atomic mass is 32.1. The number of aromatic amines is 2.